The fourth-order valence-electron chi connectivity index (χ4n) is 2.05. The van der Waals surface area contributed by atoms with Crippen LogP contribution in [-0.4, -0.2) is 52.9 Å². The van der Waals surface area contributed by atoms with Gasteiger partial charge in [0.05, 0.1) is 0 Å². The maximum atomic E-state index is 12.5. The Morgan fingerprint density at radius 2 is 1.87 bits per heavy atom. The summed E-state index contributed by atoms with van der Waals surface area (Å²) in [6.45, 7) is 2.04. The molecule has 0 radical (unpaired) electrons. The van der Waals surface area contributed by atoms with E-state index in [1.54, 1.807) is 30.9 Å². The van der Waals surface area contributed by atoms with Gasteiger partial charge in [0.15, 0.2) is 0 Å². The molecular formula is C18H22N4O. The minimum atomic E-state index is -0.00693. The van der Waals surface area contributed by atoms with E-state index >= 15 is 0 Å². The van der Waals surface area contributed by atoms with Gasteiger partial charge in [0.2, 0.25) is 5.91 Å². The Kier molecular flexibility index (Phi) is 6.44. The molecule has 2 rings (SSSR count). The van der Waals surface area contributed by atoms with Crippen molar-refractivity contribution in [1.29, 1.82) is 0 Å². The number of aromatic nitrogens is 2. The van der Waals surface area contributed by atoms with Crippen LogP contribution in [0.5, 0.6) is 0 Å². The Balaban J connectivity index is 2.05. The first-order chi connectivity index (χ1) is 11.1. The summed E-state index contributed by atoms with van der Waals surface area (Å²) >= 11 is 0. The highest BCUT2D eigenvalue weighted by molar-refractivity contribution is 5.91. The van der Waals surface area contributed by atoms with Gasteiger partial charge in [-0.2, -0.15) is 0 Å². The summed E-state index contributed by atoms with van der Waals surface area (Å²) in [5.41, 5.74) is 1.99. The minimum absolute atomic E-state index is 0.00693. The van der Waals surface area contributed by atoms with Gasteiger partial charge in [0.1, 0.15) is 0 Å². The van der Waals surface area contributed by atoms with Crippen LogP contribution in [0.1, 0.15) is 11.1 Å². The van der Waals surface area contributed by atoms with Crippen molar-refractivity contribution in [1.82, 2.24) is 19.8 Å². The van der Waals surface area contributed by atoms with Gasteiger partial charge in [-0.25, -0.2) is 0 Å². The van der Waals surface area contributed by atoms with Crippen LogP contribution in [0.3, 0.4) is 0 Å². The molecular weight excluding hydrogens is 288 g/mol. The van der Waals surface area contributed by atoms with Crippen molar-refractivity contribution >= 4 is 12.0 Å². The molecule has 0 saturated carbocycles. The highest BCUT2D eigenvalue weighted by Gasteiger charge is 2.11. The van der Waals surface area contributed by atoms with E-state index in [0.29, 0.717) is 13.1 Å². The number of carbonyl (C=O) groups is 1. The zero-order valence-electron chi connectivity index (χ0n) is 13.6. The van der Waals surface area contributed by atoms with Crippen molar-refractivity contribution in [2.45, 2.75) is 6.54 Å². The number of hydrogen-bond acceptors (Lipinski definition) is 4. The molecule has 5 nitrogen and oxygen atoms in total. The molecule has 120 valence electrons. The maximum absolute atomic E-state index is 12.5. The molecule has 0 aromatic carbocycles. The third kappa shape index (κ3) is 6.00. The molecule has 0 unspecified atom stereocenters. The molecule has 0 fully saturated rings. The molecule has 2 aromatic heterocycles. The maximum Gasteiger partial charge on any atom is 0.246 e. The summed E-state index contributed by atoms with van der Waals surface area (Å²) in [4.78, 5) is 24.5. The van der Waals surface area contributed by atoms with Crippen molar-refractivity contribution < 1.29 is 4.79 Å². The molecule has 5 heteroatoms. The van der Waals surface area contributed by atoms with Gasteiger partial charge in [-0.15, -0.1) is 0 Å². The summed E-state index contributed by atoms with van der Waals surface area (Å²) in [7, 11) is 4.00. The van der Waals surface area contributed by atoms with Crippen LogP contribution in [0.2, 0.25) is 0 Å². The Morgan fingerprint density at radius 3 is 2.52 bits per heavy atom. The van der Waals surface area contributed by atoms with E-state index < -0.39 is 0 Å². The van der Waals surface area contributed by atoms with Crippen molar-refractivity contribution in [3.63, 3.8) is 0 Å². The lowest BCUT2D eigenvalue weighted by Gasteiger charge is -2.23. The van der Waals surface area contributed by atoms with Gasteiger partial charge >= 0.3 is 0 Å². The first-order valence-corrected chi connectivity index (χ1v) is 7.56. The monoisotopic (exact) mass is 310 g/mol. The quantitative estimate of drug-likeness (QED) is 0.735. The lowest BCUT2D eigenvalue weighted by atomic mass is 10.2. The lowest BCUT2D eigenvalue weighted by Crippen LogP contribution is -2.35. The minimum Gasteiger partial charge on any atom is -0.333 e. The molecule has 1 amide bonds. The second kappa shape index (κ2) is 8.80. The molecule has 0 spiro atoms. The zero-order chi connectivity index (χ0) is 16.5. The second-order valence-electron chi connectivity index (χ2n) is 5.54. The highest BCUT2D eigenvalue weighted by atomic mass is 16.2. The van der Waals surface area contributed by atoms with Crippen LogP contribution in [0.4, 0.5) is 0 Å². The molecule has 2 heterocycles. The lowest BCUT2D eigenvalue weighted by molar-refractivity contribution is -0.126. The van der Waals surface area contributed by atoms with Crippen LogP contribution >= 0.6 is 0 Å². The average Bonchev–Trinajstić information content (AvgIpc) is 2.58. The van der Waals surface area contributed by atoms with Gasteiger partial charge in [0, 0.05) is 50.5 Å². The summed E-state index contributed by atoms with van der Waals surface area (Å²) in [6.07, 6.45) is 10.4. The summed E-state index contributed by atoms with van der Waals surface area (Å²) in [5, 5.41) is 0. The Labute approximate surface area is 137 Å². The Hall–Kier alpha value is -2.53. The molecule has 0 aliphatic heterocycles. The van der Waals surface area contributed by atoms with Crippen LogP contribution in [0.15, 0.2) is 55.1 Å². The third-order valence-corrected chi connectivity index (χ3v) is 3.35. The average molecular weight is 310 g/mol. The van der Waals surface area contributed by atoms with Crippen LogP contribution in [-0.2, 0) is 11.3 Å². The van der Waals surface area contributed by atoms with Crippen molar-refractivity contribution in [3.8, 4) is 0 Å². The molecule has 0 aliphatic rings. The first kappa shape index (κ1) is 16.8. The van der Waals surface area contributed by atoms with Crippen LogP contribution in [0, 0.1) is 0 Å². The number of likely N-dealkylation sites (N-methyl/N-ethyl adjacent to an activating group) is 1. The first-order valence-electron chi connectivity index (χ1n) is 7.56. The second-order valence-corrected chi connectivity index (χ2v) is 5.54. The smallest absolute Gasteiger partial charge is 0.246 e. The fraction of sp³-hybridized carbons (Fsp3) is 0.278. The van der Waals surface area contributed by atoms with Crippen molar-refractivity contribution in [2.75, 3.05) is 27.2 Å². The molecule has 0 bridgehead atoms. The largest absolute Gasteiger partial charge is 0.333 e. The van der Waals surface area contributed by atoms with E-state index in [4.69, 9.17) is 0 Å². The van der Waals surface area contributed by atoms with E-state index in [9.17, 15) is 4.79 Å². The van der Waals surface area contributed by atoms with Crippen molar-refractivity contribution in [3.05, 3.63) is 66.3 Å². The number of amides is 1. The van der Waals surface area contributed by atoms with Gasteiger partial charge < -0.3 is 9.80 Å². The molecule has 0 aliphatic carbocycles. The topological polar surface area (TPSA) is 49.3 Å². The van der Waals surface area contributed by atoms with Gasteiger partial charge in [0.25, 0.3) is 0 Å². The van der Waals surface area contributed by atoms with Gasteiger partial charge in [-0.05, 0) is 49.5 Å². The number of hydrogen-bond donors (Lipinski definition) is 0. The predicted octanol–water partition coefficient (Wildman–Crippen LogP) is 2.08. The number of pyridine rings is 2. The van der Waals surface area contributed by atoms with Gasteiger partial charge in [-0.3, -0.25) is 14.8 Å². The highest BCUT2D eigenvalue weighted by Crippen LogP contribution is 2.06. The van der Waals surface area contributed by atoms with E-state index in [1.165, 1.54) is 0 Å². The number of carbonyl (C=O) groups excluding carboxylic acids is 1. The SMILES string of the molecule is CN(C)CCN(Cc1cccnc1)C(=O)C=Cc1ccncc1. The molecule has 0 N–H and O–H groups in total. The molecule has 0 saturated heterocycles. The zero-order valence-corrected chi connectivity index (χ0v) is 13.6. The van der Waals surface area contributed by atoms with Crippen LogP contribution < -0.4 is 0 Å². The van der Waals surface area contributed by atoms with Gasteiger partial charge in [-0.1, -0.05) is 6.07 Å². The Bertz CT molecular complexity index is 626. The summed E-state index contributed by atoms with van der Waals surface area (Å²) in [6, 6.07) is 7.61. The normalized spacial score (nSPS) is 11.1. The van der Waals surface area contributed by atoms with E-state index in [2.05, 4.69) is 14.9 Å². The Morgan fingerprint density at radius 1 is 1.09 bits per heavy atom. The molecule has 23 heavy (non-hydrogen) atoms. The fourth-order valence-corrected chi connectivity index (χ4v) is 2.05. The molecule has 0 atom stereocenters. The number of nitrogens with zero attached hydrogens (tertiary/aromatic N) is 4. The standard InChI is InChI=1S/C18H22N4O/c1-21(2)12-13-22(15-17-4-3-9-20-14-17)18(23)6-5-16-7-10-19-11-8-16/h3-11,14H,12-13,15H2,1-2H3. The third-order valence-electron chi connectivity index (χ3n) is 3.35. The van der Waals surface area contributed by atoms with E-state index in [1.807, 2.05) is 49.3 Å². The molecule has 2 aromatic rings. The van der Waals surface area contributed by atoms with Crippen LogP contribution in [0.25, 0.3) is 6.08 Å². The van der Waals surface area contributed by atoms with E-state index in [-0.39, 0.29) is 5.91 Å². The number of rotatable bonds is 7. The van der Waals surface area contributed by atoms with Crippen molar-refractivity contribution in [2.24, 2.45) is 0 Å². The van der Waals surface area contributed by atoms with E-state index in [0.717, 1.165) is 17.7 Å². The summed E-state index contributed by atoms with van der Waals surface area (Å²) < 4.78 is 0. The predicted molar refractivity (Wildman–Crippen MR) is 91.5 cm³/mol. The summed E-state index contributed by atoms with van der Waals surface area (Å²) in [5.74, 6) is -0.00693.